The number of piperazine rings is 1. The molecule has 1 saturated carbocycles. The van der Waals surface area contributed by atoms with Gasteiger partial charge in [-0.15, -0.1) is 0 Å². The van der Waals surface area contributed by atoms with E-state index in [0.717, 1.165) is 24.0 Å². The van der Waals surface area contributed by atoms with E-state index in [-0.39, 0.29) is 5.91 Å². The van der Waals surface area contributed by atoms with Gasteiger partial charge in [0.05, 0.1) is 11.4 Å². The normalized spacial score (nSPS) is 20.1. The monoisotopic (exact) mass is 351 g/mol. The highest BCUT2D eigenvalue weighted by Crippen LogP contribution is 2.21. The van der Waals surface area contributed by atoms with Crippen molar-refractivity contribution < 1.29 is 13.2 Å². The molecule has 1 heterocycles. The first-order valence-corrected chi connectivity index (χ1v) is 9.89. The van der Waals surface area contributed by atoms with Crippen molar-refractivity contribution in [1.82, 2.24) is 14.5 Å². The number of benzene rings is 1. The van der Waals surface area contributed by atoms with Gasteiger partial charge in [0.1, 0.15) is 0 Å². The zero-order valence-electron chi connectivity index (χ0n) is 14.3. The standard InChI is InChI=1S/C17H25N3O3S/c1-13-3-6-16(11-14(13)2)24(22,23)20-9-7-19(8-10-20)12-17(21)18-15-4-5-15/h3,6,11,15H,4-5,7-10,12H2,1-2H3,(H,18,21). The molecule has 0 spiro atoms. The summed E-state index contributed by atoms with van der Waals surface area (Å²) < 4.78 is 27.0. The fourth-order valence-electron chi connectivity index (χ4n) is 2.86. The van der Waals surface area contributed by atoms with Gasteiger partial charge in [0.2, 0.25) is 15.9 Å². The van der Waals surface area contributed by atoms with Crippen molar-refractivity contribution in [3.05, 3.63) is 29.3 Å². The summed E-state index contributed by atoms with van der Waals surface area (Å²) in [5.41, 5.74) is 2.06. The van der Waals surface area contributed by atoms with Crippen LogP contribution in [0.4, 0.5) is 0 Å². The minimum Gasteiger partial charge on any atom is -0.352 e. The number of nitrogens with one attached hydrogen (secondary N) is 1. The van der Waals surface area contributed by atoms with E-state index in [0.29, 0.717) is 43.7 Å². The van der Waals surface area contributed by atoms with Gasteiger partial charge < -0.3 is 5.32 Å². The van der Waals surface area contributed by atoms with Crippen LogP contribution >= 0.6 is 0 Å². The van der Waals surface area contributed by atoms with Gasteiger partial charge in [-0.1, -0.05) is 6.07 Å². The number of carbonyl (C=O) groups is 1. The molecule has 1 saturated heterocycles. The number of hydrogen-bond acceptors (Lipinski definition) is 4. The zero-order valence-corrected chi connectivity index (χ0v) is 15.1. The maximum Gasteiger partial charge on any atom is 0.243 e. The molecule has 132 valence electrons. The summed E-state index contributed by atoms with van der Waals surface area (Å²) in [5, 5.41) is 2.97. The van der Waals surface area contributed by atoms with Gasteiger partial charge in [-0.3, -0.25) is 9.69 Å². The van der Waals surface area contributed by atoms with E-state index in [1.165, 1.54) is 4.31 Å². The SMILES string of the molecule is Cc1ccc(S(=O)(=O)N2CCN(CC(=O)NC3CC3)CC2)cc1C. The van der Waals surface area contributed by atoms with Crippen LogP contribution in [-0.2, 0) is 14.8 Å². The van der Waals surface area contributed by atoms with Gasteiger partial charge in [-0.2, -0.15) is 4.31 Å². The van der Waals surface area contributed by atoms with Gasteiger partial charge in [0.15, 0.2) is 0 Å². The lowest BCUT2D eigenvalue weighted by molar-refractivity contribution is -0.122. The largest absolute Gasteiger partial charge is 0.352 e. The van der Waals surface area contributed by atoms with Gasteiger partial charge in [-0.05, 0) is 49.9 Å². The molecule has 2 fully saturated rings. The average molecular weight is 351 g/mol. The van der Waals surface area contributed by atoms with Crippen LogP contribution in [0.1, 0.15) is 24.0 Å². The molecule has 0 radical (unpaired) electrons. The Hall–Kier alpha value is -1.44. The first-order valence-electron chi connectivity index (χ1n) is 8.45. The minimum absolute atomic E-state index is 0.0444. The Morgan fingerprint density at radius 1 is 1.12 bits per heavy atom. The Morgan fingerprint density at radius 2 is 1.79 bits per heavy atom. The van der Waals surface area contributed by atoms with Crippen molar-refractivity contribution in [1.29, 1.82) is 0 Å². The van der Waals surface area contributed by atoms with Gasteiger partial charge in [-0.25, -0.2) is 8.42 Å². The third-order valence-electron chi connectivity index (χ3n) is 4.76. The van der Waals surface area contributed by atoms with Crippen molar-refractivity contribution in [2.24, 2.45) is 0 Å². The molecule has 24 heavy (non-hydrogen) atoms. The second kappa shape index (κ2) is 6.82. The summed E-state index contributed by atoms with van der Waals surface area (Å²) >= 11 is 0. The highest BCUT2D eigenvalue weighted by molar-refractivity contribution is 7.89. The molecule has 0 aromatic heterocycles. The molecule has 1 aliphatic heterocycles. The number of aryl methyl sites for hydroxylation is 2. The van der Waals surface area contributed by atoms with E-state index in [4.69, 9.17) is 0 Å². The van der Waals surface area contributed by atoms with Crippen molar-refractivity contribution in [3.63, 3.8) is 0 Å². The third kappa shape index (κ3) is 3.96. The molecule has 1 aromatic rings. The smallest absolute Gasteiger partial charge is 0.243 e. The molecule has 6 nitrogen and oxygen atoms in total. The Bertz CT molecular complexity index is 721. The summed E-state index contributed by atoms with van der Waals surface area (Å²) in [6.07, 6.45) is 2.15. The van der Waals surface area contributed by atoms with E-state index in [9.17, 15) is 13.2 Å². The quantitative estimate of drug-likeness (QED) is 0.855. The van der Waals surface area contributed by atoms with Crippen LogP contribution in [-0.4, -0.2) is 62.3 Å². The molecule has 1 aliphatic carbocycles. The summed E-state index contributed by atoms with van der Waals surface area (Å²) in [4.78, 5) is 14.2. The maximum atomic E-state index is 12.8. The Morgan fingerprint density at radius 3 is 2.38 bits per heavy atom. The summed E-state index contributed by atoms with van der Waals surface area (Å²) in [6, 6.07) is 5.62. The number of hydrogen-bond donors (Lipinski definition) is 1. The molecule has 1 aromatic carbocycles. The number of amides is 1. The molecular weight excluding hydrogens is 326 g/mol. The van der Waals surface area contributed by atoms with Gasteiger partial charge in [0.25, 0.3) is 0 Å². The lowest BCUT2D eigenvalue weighted by atomic mass is 10.1. The Balaban J connectivity index is 1.58. The number of nitrogens with zero attached hydrogens (tertiary/aromatic N) is 2. The van der Waals surface area contributed by atoms with Crippen LogP contribution in [0.5, 0.6) is 0 Å². The fourth-order valence-corrected chi connectivity index (χ4v) is 4.36. The molecule has 0 unspecified atom stereocenters. The minimum atomic E-state index is -3.46. The first-order chi connectivity index (χ1) is 11.4. The van der Waals surface area contributed by atoms with Gasteiger partial charge in [0, 0.05) is 32.2 Å². The zero-order chi connectivity index (χ0) is 17.3. The predicted octanol–water partition coefficient (Wildman–Crippen LogP) is 0.888. The Labute approximate surface area is 143 Å². The lowest BCUT2D eigenvalue weighted by Crippen LogP contribution is -2.51. The third-order valence-corrected chi connectivity index (χ3v) is 6.65. The van der Waals surface area contributed by atoms with Crippen LogP contribution in [0.2, 0.25) is 0 Å². The number of rotatable bonds is 5. The van der Waals surface area contributed by atoms with Crippen molar-refractivity contribution >= 4 is 15.9 Å². The van der Waals surface area contributed by atoms with Crippen LogP contribution < -0.4 is 5.32 Å². The molecule has 0 atom stereocenters. The topological polar surface area (TPSA) is 69.7 Å². The summed E-state index contributed by atoms with van der Waals surface area (Å²) in [6.45, 7) is 6.26. The highest BCUT2D eigenvalue weighted by Gasteiger charge is 2.30. The molecule has 0 bridgehead atoms. The number of carbonyl (C=O) groups excluding carboxylic acids is 1. The number of sulfonamides is 1. The average Bonchev–Trinajstić information content (AvgIpc) is 3.34. The molecule has 3 rings (SSSR count). The van der Waals surface area contributed by atoms with E-state index < -0.39 is 10.0 Å². The lowest BCUT2D eigenvalue weighted by Gasteiger charge is -2.33. The van der Waals surface area contributed by atoms with Crippen LogP contribution in [0.15, 0.2) is 23.1 Å². The predicted molar refractivity (Wildman–Crippen MR) is 92.3 cm³/mol. The van der Waals surface area contributed by atoms with Crippen molar-refractivity contribution in [2.75, 3.05) is 32.7 Å². The second-order valence-electron chi connectivity index (χ2n) is 6.77. The summed E-state index contributed by atoms with van der Waals surface area (Å²) in [7, 11) is -3.46. The molecular formula is C17H25N3O3S. The van der Waals surface area contributed by atoms with E-state index in [2.05, 4.69) is 5.32 Å². The molecule has 7 heteroatoms. The first kappa shape index (κ1) is 17.4. The van der Waals surface area contributed by atoms with E-state index in [1.807, 2.05) is 24.8 Å². The van der Waals surface area contributed by atoms with E-state index >= 15 is 0 Å². The molecule has 2 aliphatic rings. The summed E-state index contributed by atoms with van der Waals surface area (Å²) in [5.74, 6) is 0.0444. The van der Waals surface area contributed by atoms with Crippen LogP contribution in [0, 0.1) is 13.8 Å². The van der Waals surface area contributed by atoms with Crippen LogP contribution in [0.3, 0.4) is 0 Å². The Kier molecular flexibility index (Phi) is 4.94. The fraction of sp³-hybridized carbons (Fsp3) is 0.588. The van der Waals surface area contributed by atoms with E-state index in [1.54, 1.807) is 12.1 Å². The van der Waals surface area contributed by atoms with Crippen molar-refractivity contribution in [2.45, 2.75) is 37.6 Å². The maximum absolute atomic E-state index is 12.8. The van der Waals surface area contributed by atoms with Crippen LogP contribution in [0.25, 0.3) is 0 Å². The molecule has 1 N–H and O–H groups in total. The van der Waals surface area contributed by atoms with Crippen molar-refractivity contribution in [3.8, 4) is 0 Å². The second-order valence-corrected chi connectivity index (χ2v) is 8.71. The van der Waals surface area contributed by atoms with Gasteiger partial charge >= 0.3 is 0 Å². The highest BCUT2D eigenvalue weighted by atomic mass is 32.2. The molecule has 1 amide bonds.